The van der Waals surface area contributed by atoms with Gasteiger partial charge in [-0.3, -0.25) is 0 Å². The lowest BCUT2D eigenvalue weighted by Crippen LogP contribution is -2.47. The quantitative estimate of drug-likeness (QED) is 0.344. The molecule has 0 saturated carbocycles. The topological polar surface area (TPSA) is 12.5 Å². The average molecular weight is 416 g/mol. The zero-order valence-electron chi connectivity index (χ0n) is 18.1. The van der Waals surface area contributed by atoms with Gasteiger partial charge in [0.1, 0.15) is 0 Å². The lowest BCUT2D eigenvalue weighted by molar-refractivity contribution is 0.0354. The number of benzene rings is 4. The Hall–Kier alpha value is -3.88. The molecule has 1 aliphatic heterocycles. The largest absolute Gasteiger partial charge is 0.351 e. The van der Waals surface area contributed by atoms with Gasteiger partial charge in [0.05, 0.1) is 5.70 Å². The second kappa shape index (κ2) is 8.70. The minimum absolute atomic E-state index is 0.812. The highest BCUT2D eigenvalue weighted by Crippen LogP contribution is 2.46. The van der Waals surface area contributed by atoms with Crippen molar-refractivity contribution >= 4 is 17.0 Å². The number of nitrogens with zero attached hydrogens (tertiary/aromatic N) is 1. The molecule has 1 unspecified atom stereocenters. The van der Waals surface area contributed by atoms with Gasteiger partial charge in [-0.15, -0.1) is 0 Å². The van der Waals surface area contributed by atoms with Gasteiger partial charge in [0.15, 0.2) is 5.72 Å². The maximum Gasteiger partial charge on any atom is 0.191 e. The van der Waals surface area contributed by atoms with Gasteiger partial charge in [-0.05, 0) is 41.0 Å². The van der Waals surface area contributed by atoms with E-state index >= 15 is 0 Å². The summed E-state index contributed by atoms with van der Waals surface area (Å²) < 4.78 is 6.44. The van der Waals surface area contributed by atoms with Crippen molar-refractivity contribution in [3.63, 3.8) is 0 Å². The predicted octanol–water partition coefficient (Wildman–Crippen LogP) is 7.13. The Morgan fingerprint density at radius 3 is 1.66 bits per heavy atom. The highest BCUT2D eigenvalue weighted by molar-refractivity contribution is 5.94. The first-order chi connectivity index (χ1) is 15.8. The van der Waals surface area contributed by atoms with Crippen molar-refractivity contribution in [3.8, 4) is 0 Å². The summed E-state index contributed by atoms with van der Waals surface area (Å²) in [7, 11) is 1.79. The molecule has 5 rings (SSSR count). The molecule has 4 aromatic rings. The number of para-hydroxylation sites is 1. The van der Waals surface area contributed by atoms with E-state index in [9.17, 15) is 0 Å². The highest BCUT2D eigenvalue weighted by atomic mass is 16.5. The predicted molar refractivity (Wildman–Crippen MR) is 133 cm³/mol. The van der Waals surface area contributed by atoms with Gasteiger partial charge in [-0.2, -0.15) is 0 Å². The van der Waals surface area contributed by atoms with E-state index in [0.29, 0.717) is 0 Å². The van der Waals surface area contributed by atoms with Gasteiger partial charge >= 0.3 is 0 Å². The zero-order valence-corrected chi connectivity index (χ0v) is 18.1. The normalized spacial score (nSPS) is 18.1. The number of allylic oxidation sites excluding steroid dienone is 2. The van der Waals surface area contributed by atoms with Gasteiger partial charge in [-0.25, -0.2) is 0 Å². The average Bonchev–Trinajstić information content (AvgIpc) is 2.90. The first-order valence-corrected chi connectivity index (χ1v) is 10.8. The van der Waals surface area contributed by atoms with Crippen LogP contribution in [-0.2, 0) is 10.5 Å². The summed E-state index contributed by atoms with van der Waals surface area (Å²) in [5.41, 5.74) is 5.83. The molecule has 0 radical (unpaired) electrons. The first kappa shape index (κ1) is 20.0. The monoisotopic (exact) mass is 415 g/mol. The summed E-state index contributed by atoms with van der Waals surface area (Å²) in [6.07, 6.45) is 4.50. The second-order valence-electron chi connectivity index (χ2n) is 7.80. The third-order valence-corrected chi connectivity index (χ3v) is 5.91. The van der Waals surface area contributed by atoms with Crippen molar-refractivity contribution in [2.75, 3.05) is 12.0 Å². The number of hydrogen-bond acceptors (Lipinski definition) is 2. The summed E-state index contributed by atoms with van der Waals surface area (Å²) in [6.45, 7) is 0. The van der Waals surface area contributed by atoms with Crippen LogP contribution in [0.4, 0.5) is 5.69 Å². The minimum Gasteiger partial charge on any atom is -0.351 e. The van der Waals surface area contributed by atoms with Crippen molar-refractivity contribution in [2.24, 2.45) is 0 Å². The van der Waals surface area contributed by atoms with E-state index in [1.165, 1.54) is 0 Å². The van der Waals surface area contributed by atoms with Crippen molar-refractivity contribution in [2.45, 2.75) is 5.72 Å². The Labute approximate surface area is 189 Å². The van der Waals surface area contributed by atoms with E-state index in [-0.39, 0.29) is 0 Å². The number of ether oxygens (including phenoxy) is 1. The fourth-order valence-corrected chi connectivity index (χ4v) is 4.39. The Morgan fingerprint density at radius 2 is 1.09 bits per heavy atom. The standard InChI is InChI=1S/C30H25NO/c1-32-30(27-18-10-4-11-19-27)23-26(24-14-6-2-7-15-24)22-29(25-16-8-3-9-17-25)31(30)28-20-12-5-13-21-28/h2-23H,1H3. The number of methoxy groups -OCH3 is 1. The molecular weight excluding hydrogens is 390 g/mol. The molecule has 1 atom stereocenters. The molecule has 4 aromatic carbocycles. The van der Waals surface area contributed by atoms with E-state index in [1.807, 2.05) is 18.2 Å². The minimum atomic E-state index is -0.812. The van der Waals surface area contributed by atoms with Crippen LogP contribution < -0.4 is 4.90 Å². The van der Waals surface area contributed by atoms with Crippen molar-refractivity contribution in [1.29, 1.82) is 0 Å². The molecule has 1 heterocycles. The van der Waals surface area contributed by atoms with Gasteiger partial charge in [0.2, 0.25) is 0 Å². The molecular formula is C30H25NO. The Morgan fingerprint density at radius 1 is 0.594 bits per heavy atom. The molecule has 0 amide bonds. The highest BCUT2D eigenvalue weighted by Gasteiger charge is 2.42. The van der Waals surface area contributed by atoms with Crippen molar-refractivity contribution in [3.05, 3.63) is 150 Å². The molecule has 0 N–H and O–H groups in total. The van der Waals surface area contributed by atoms with Gasteiger partial charge < -0.3 is 9.64 Å². The fourth-order valence-electron chi connectivity index (χ4n) is 4.39. The Kier molecular flexibility index (Phi) is 5.45. The van der Waals surface area contributed by atoms with Crippen LogP contribution in [0.2, 0.25) is 0 Å². The number of rotatable bonds is 5. The summed E-state index contributed by atoms with van der Waals surface area (Å²) >= 11 is 0. The molecule has 32 heavy (non-hydrogen) atoms. The van der Waals surface area contributed by atoms with Gasteiger partial charge in [0, 0.05) is 18.4 Å². The lowest BCUT2D eigenvalue weighted by Gasteiger charge is -2.46. The summed E-state index contributed by atoms with van der Waals surface area (Å²) in [4.78, 5) is 2.30. The van der Waals surface area contributed by atoms with E-state index in [2.05, 4.69) is 120 Å². The lowest BCUT2D eigenvalue weighted by atomic mass is 9.88. The SMILES string of the molecule is COC1(c2ccccc2)C=C(c2ccccc2)C=C(c2ccccc2)N1c1ccccc1. The molecule has 156 valence electrons. The molecule has 0 spiro atoms. The molecule has 0 aromatic heterocycles. The molecule has 2 nitrogen and oxygen atoms in total. The third-order valence-electron chi connectivity index (χ3n) is 5.91. The third kappa shape index (κ3) is 3.55. The van der Waals surface area contributed by atoms with Gasteiger partial charge in [-0.1, -0.05) is 109 Å². The van der Waals surface area contributed by atoms with Crippen LogP contribution in [0.25, 0.3) is 11.3 Å². The second-order valence-corrected chi connectivity index (χ2v) is 7.80. The van der Waals surface area contributed by atoms with E-state index in [1.54, 1.807) is 7.11 Å². The molecule has 0 aliphatic carbocycles. The maximum atomic E-state index is 6.44. The van der Waals surface area contributed by atoms with Crippen LogP contribution in [0.1, 0.15) is 16.7 Å². The summed E-state index contributed by atoms with van der Waals surface area (Å²) in [5.74, 6) is 0. The van der Waals surface area contributed by atoms with Crippen LogP contribution in [0.15, 0.2) is 133 Å². The molecule has 0 bridgehead atoms. The van der Waals surface area contributed by atoms with Crippen molar-refractivity contribution in [1.82, 2.24) is 0 Å². The van der Waals surface area contributed by atoms with E-state index < -0.39 is 5.72 Å². The van der Waals surface area contributed by atoms with E-state index in [4.69, 9.17) is 4.74 Å². The summed E-state index contributed by atoms with van der Waals surface area (Å²) in [5, 5.41) is 0. The van der Waals surface area contributed by atoms with Gasteiger partial charge in [0.25, 0.3) is 0 Å². The van der Waals surface area contributed by atoms with E-state index in [0.717, 1.165) is 33.6 Å². The van der Waals surface area contributed by atoms with Crippen molar-refractivity contribution < 1.29 is 4.74 Å². The van der Waals surface area contributed by atoms with Crippen LogP contribution in [0.3, 0.4) is 0 Å². The molecule has 0 saturated heterocycles. The Bertz CT molecular complexity index is 1230. The maximum absolute atomic E-state index is 6.44. The summed E-state index contributed by atoms with van der Waals surface area (Å²) in [6, 6.07) is 41.9. The molecule has 2 heteroatoms. The van der Waals surface area contributed by atoms with Crippen LogP contribution in [0.5, 0.6) is 0 Å². The van der Waals surface area contributed by atoms with Crippen LogP contribution in [0, 0.1) is 0 Å². The molecule has 0 fully saturated rings. The smallest absolute Gasteiger partial charge is 0.191 e. The Balaban J connectivity index is 1.83. The zero-order chi connectivity index (χ0) is 21.8. The fraction of sp³-hybridized carbons (Fsp3) is 0.0667. The van der Waals surface area contributed by atoms with Crippen LogP contribution in [-0.4, -0.2) is 7.11 Å². The van der Waals surface area contributed by atoms with Crippen LogP contribution >= 0.6 is 0 Å². The number of anilines is 1. The first-order valence-electron chi connectivity index (χ1n) is 10.8. The number of hydrogen-bond donors (Lipinski definition) is 0. The molecule has 1 aliphatic rings.